The zero-order valence-corrected chi connectivity index (χ0v) is 25.0. The second-order valence-electron chi connectivity index (χ2n) is 11.0. The minimum absolute atomic E-state index is 0.0516. The van der Waals surface area contributed by atoms with Crippen LogP contribution in [0.1, 0.15) is 40.0 Å². The standard InChI is InChI=1S/C30H35F3N8O2/c1-18-7-8-20(13-26(18)41-17-25(36-37-41)23-16-34-39(5)19(23)2)29(42)35-24-14-21(30(31,32)33)15-27(28(24)43-6)40-11-9-22(10-12-40)38(3)4/h7-8,13-17,22H,9-12H2,1-6H3,(H,35,42). The number of ether oxygens (including phenoxy) is 1. The van der Waals surface area contributed by atoms with Gasteiger partial charge in [0.15, 0.2) is 5.75 Å². The summed E-state index contributed by atoms with van der Waals surface area (Å²) in [5.74, 6) is -0.399. The number of carbonyl (C=O) groups is 1. The van der Waals surface area contributed by atoms with Crippen LogP contribution < -0.4 is 15.0 Å². The van der Waals surface area contributed by atoms with Crippen molar-refractivity contribution in [3.63, 3.8) is 0 Å². The predicted molar refractivity (Wildman–Crippen MR) is 158 cm³/mol. The smallest absolute Gasteiger partial charge is 0.416 e. The van der Waals surface area contributed by atoms with Crippen LogP contribution in [0.5, 0.6) is 5.75 Å². The first-order chi connectivity index (χ1) is 20.4. The van der Waals surface area contributed by atoms with E-state index in [2.05, 4.69) is 25.6 Å². The number of methoxy groups -OCH3 is 1. The van der Waals surface area contributed by atoms with Crippen molar-refractivity contribution in [1.82, 2.24) is 29.7 Å². The Kier molecular flexibility index (Phi) is 8.19. The molecule has 5 rings (SSSR count). The van der Waals surface area contributed by atoms with E-state index in [0.29, 0.717) is 36.2 Å². The Morgan fingerprint density at radius 2 is 1.81 bits per heavy atom. The van der Waals surface area contributed by atoms with Crippen LogP contribution in [-0.4, -0.2) is 75.9 Å². The monoisotopic (exact) mass is 596 g/mol. The van der Waals surface area contributed by atoms with Gasteiger partial charge in [0.25, 0.3) is 5.91 Å². The first kappa shape index (κ1) is 30.1. The summed E-state index contributed by atoms with van der Waals surface area (Å²) in [4.78, 5) is 17.5. The fourth-order valence-electron chi connectivity index (χ4n) is 5.39. The topological polar surface area (TPSA) is 93.3 Å². The Hall–Kier alpha value is -4.39. The quantitative estimate of drug-likeness (QED) is 0.318. The number of amides is 1. The molecule has 1 N–H and O–H groups in total. The molecule has 1 amide bonds. The third-order valence-corrected chi connectivity index (χ3v) is 8.11. The molecule has 2 aromatic heterocycles. The lowest BCUT2D eigenvalue weighted by molar-refractivity contribution is -0.137. The van der Waals surface area contributed by atoms with Crippen LogP contribution in [0.2, 0.25) is 0 Å². The van der Waals surface area contributed by atoms with E-state index in [1.54, 1.807) is 40.0 Å². The second-order valence-corrected chi connectivity index (χ2v) is 11.0. The van der Waals surface area contributed by atoms with Crippen LogP contribution in [0, 0.1) is 13.8 Å². The summed E-state index contributed by atoms with van der Waals surface area (Å²) in [6.07, 6.45) is 0.434. The minimum Gasteiger partial charge on any atom is -0.492 e. The molecule has 0 bridgehead atoms. The minimum atomic E-state index is -4.61. The van der Waals surface area contributed by atoms with Crippen LogP contribution in [0.25, 0.3) is 16.9 Å². The lowest BCUT2D eigenvalue weighted by Gasteiger charge is -2.37. The molecule has 2 aromatic carbocycles. The molecule has 0 radical (unpaired) electrons. The Morgan fingerprint density at radius 1 is 1.09 bits per heavy atom. The molecule has 13 heteroatoms. The highest BCUT2D eigenvalue weighted by Gasteiger charge is 2.34. The lowest BCUT2D eigenvalue weighted by atomic mass is 10.0. The molecule has 10 nitrogen and oxygen atoms in total. The van der Waals surface area contributed by atoms with E-state index in [9.17, 15) is 18.0 Å². The number of benzene rings is 2. The van der Waals surface area contributed by atoms with Crippen LogP contribution in [0.15, 0.2) is 42.7 Å². The molecule has 0 unspecified atom stereocenters. The summed E-state index contributed by atoms with van der Waals surface area (Å²) in [5, 5.41) is 15.5. The highest BCUT2D eigenvalue weighted by Crippen LogP contribution is 2.43. The van der Waals surface area contributed by atoms with E-state index in [-0.39, 0.29) is 17.0 Å². The number of hydrogen-bond acceptors (Lipinski definition) is 7. The highest BCUT2D eigenvalue weighted by atomic mass is 19.4. The van der Waals surface area contributed by atoms with Gasteiger partial charge in [0, 0.05) is 43.0 Å². The SMILES string of the molecule is COc1c(NC(=O)c2ccc(C)c(-n3cc(-c4cnn(C)c4C)nn3)c2)cc(C(F)(F)F)cc1N1CCC(N(C)C)CC1. The maximum absolute atomic E-state index is 14.0. The molecule has 228 valence electrons. The number of nitrogens with zero attached hydrogens (tertiary/aromatic N) is 7. The van der Waals surface area contributed by atoms with Crippen molar-refractivity contribution < 1.29 is 22.7 Å². The van der Waals surface area contributed by atoms with Gasteiger partial charge in [-0.25, -0.2) is 4.68 Å². The number of nitrogens with one attached hydrogen (secondary N) is 1. The molecule has 1 aliphatic heterocycles. The van der Waals surface area contributed by atoms with Crippen molar-refractivity contribution in [1.29, 1.82) is 0 Å². The predicted octanol–water partition coefficient (Wildman–Crippen LogP) is 5.09. The first-order valence-electron chi connectivity index (χ1n) is 13.9. The molecule has 3 heterocycles. The number of aryl methyl sites for hydroxylation is 2. The third kappa shape index (κ3) is 6.07. The summed E-state index contributed by atoms with van der Waals surface area (Å²) < 4.78 is 51.0. The number of anilines is 2. The number of alkyl halides is 3. The van der Waals surface area contributed by atoms with Gasteiger partial charge in [-0.15, -0.1) is 5.10 Å². The van der Waals surface area contributed by atoms with Crippen molar-refractivity contribution in [3.05, 3.63) is 65.1 Å². The normalized spacial score (nSPS) is 14.4. The molecule has 1 aliphatic rings. The summed E-state index contributed by atoms with van der Waals surface area (Å²) in [6.45, 7) is 4.92. The average Bonchev–Trinajstić information content (AvgIpc) is 3.58. The lowest BCUT2D eigenvalue weighted by Crippen LogP contribution is -2.42. The summed E-state index contributed by atoms with van der Waals surface area (Å²) in [7, 11) is 7.23. The Bertz CT molecular complexity index is 1630. The zero-order valence-electron chi connectivity index (χ0n) is 25.0. The van der Waals surface area contributed by atoms with Crippen LogP contribution in [-0.2, 0) is 13.2 Å². The van der Waals surface area contributed by atoms with Crippen molar-refractivity contribution in [2.45, 2.75) is 38.9 Å². The summed E-state index contributed by atoms with van der Waals surface area (Å²) in [5.41, 5.74) is 3.44. The van der Waals surface area contributed by atoms with Crippen molar-refractivity contribution in [3.8, 4) is 22.7 Å². The third-order valence-electron chi connectivity index (χ3n) is 8.11. The van der Waals surface area contributed by atoms with E-state index >= 15 is 0 Å². The number of rotatable bonds is 7. The molecule has 0 spiro atoms. The largest absolute Gasteiger partial charge is 0.492 e. The number of hydrogen-bond donors (Lipinski definition) is 1. The van der Waals surface area contributed by atoms with E-state index in [1.165, 1.54) is 7.11 Å². The van der Waals surface area contributed by atoms with Gasteiger partial charge < -0.3 is 19.9 Å². The summed E-state index contributed by atoms with van der Waals surface area (Å²) in [6, 6.07) is 7.36. The molecule has 43 heavy (non-hydrogen) atoms. The zero-order chi connectivity index (χ0) is 31.1. The molecule has 1 saturated heterocycles. The Labute approximate surface area is 248 Å². The van der Waals surface area contributed by atoms with Gasteiger partial charge in [0.2, 0.25) is 0 Å². The fraction of sp³-hybridized carbons (Fsp3) is 0.400. The Balaban J connectivity index is 1.46. The van der Waals surface area contributed by atoms with Gasteiger partial charge in [-0.05, 0) is 70.6 Å². The Morgan fingerprint density at radius 3 is 2.42 bits per heavy atom. The fourth-order valence-corrected chi connectivity index (χ4v) is 5.39. The van der Waals surface area contributed by atoms with Crippen LogP contribution >= 0.6 is 0 Å². The van der Waals surface area contributed by atoms with Crippen molar-refractivity contribution in [2.75, 3.05) is 44.5 Å². The number of piperidine rings is 1. The number of carbonyl (C=O) groups excluding carboxylic acids is 1. The maximum Gasteiger partial charge on any atom is 0.416 e. The maximum atomic E-state index is 14.0. The van der Waals surface area contributed by atoms with E-state index in [1.807, 2.05) is 39.9 Å². The van der Waals surface area contributed by atoms with Crippen LogP contribution in [0.4, 0.5) is 24.5 Å². The van der Waals surface area contributed by atoms with Crippen molar-refractivity contribution in [2.24, 2.45) is 7.05 Å². The van der Waals surface area contributed by atoms with E-state index in [4.69, 9.17) is 4.74 Å². The van der Waals surface area contributed by atoms with Gasteiger partial charge in [0.1, 0.15) is 5.69 Å². The molecule has 0 atom stereocenters. The van der Waals surface area contributed by atoms with E-state index < -0.39 is 17.6 Å². The van der Waals surface area contributed by atoms with Crippen molar-refractivity contribution >= 4 is 17.3 Å². The summed E-state index contributed by atoms with van der Waals surface area (Å²) >= 11 is 0. The first-order valence-corrected chi connectivity index (χ1v) is 13.9. The molecular weight excluding hydrogens is 561 g/mol. The number of halogens is 3. The molecule has 0 saturated carbocycles. The van der Waals surface area contributed by atoms with Crippen LogP contribution in [0.3, 0.4) is 0 Å². The van der Waals surface area contributed by atoms with Gasteiger partial charge in [-0.2, -0.15) is 18.3 Å². The molecule has 4 aromatic rings. The highest BCUT2D eigenvalue weighted by molar-refractivity contribution is 6.06. The second kappa shape index (κ2) is 11.7. The van der Waals surface area contributed by atoms with Gasteiger partial charge in [0.05, 0.1) is 42.1 Å². The van der Waals surface area contributed by atoms with Gasteiger partial charge in [-0.1, -0.05) is 11.3 Å². The van der Waals surface area contributed by atoms with Gasteiger partial charge >= 0.3 is 6.18 Å². The van der Waals surface area contributed by atoms with Gasteiger partial charge in [-0.3, -0.25) is 9.48 Å². The average molecular weight is 597 g/mol. The van der Waals surface area contributed by atoms with E-state index in [0.717, 1.165) is 41.8 Å². The molecule has 0 aliphatic carbocycles. The molecule has 1 fully saturated rings. The molecular formula is C30H35F3N8O2. The number of aromatic nitrogens is 5.